The number of nitro benzene ring substituents is 1. The lowest BCUT2D eigenvalue weighted by atomic mass is 9.84. The van der Waals surface area contributed by atoms with E-state index in [2.05, 4.69) is 35.1 Å². The molecule has 0 aliphatic carbocycles. The van der Waals surface area contributed by atoms with Gasteiger partial charge in [-0.25, -0.2) is 0 Å². The van der Waals surface area contributed by atoms with E-state index in [1.54, 1.807) is 19.1 Å². The zero-order chi connectivity index (χ0) is 16.0. The normalized spacial score (nSPS) is 11.2. The Morgan fingerprint density at radius 2 is 2.00 bits per heavy atom. The quantitative estimate of drug-likeness (QED) is 0.458. The Kier molecular flexibility index (Phi) is 6.33. The van der Waals surface area contributed by atoms with Crippen molar-refractivity contribution in [1.29, 1.82) is 0 Å². The van der Waals surface area contributed by atoms with Crippen molar-refractivity contribution in [3.8, 4) is 0 Å². The van der Waals surface area contributed by atoms with Crippen LogP contribution in [0.3, 0.4) is 0 Å². The summed E-state index contributed by atoms with van der Waals surface area (Å²) in [4.78, 5) is 22.9. The van der Waals surface area contributed by atoms with Crippen LogP contribution in [-0.4, -0.2) is 22.7 Å². The summed E-state index contributed by atoms with van der Waals surface area (Å²) < 4.78 is 0. The number of hydrogen-bond donors (Lipinski definition) is 1. The van der Waals surface area contributed by atoms with Gasteiger partial charge >= 0.3 is 0 Å². The van der Waals surface area contributed by atoms with Gasteiger partial charge < -0.3 is 5.32 Å². The van der Waals surface area contributed by atoms with Crippen LogP contribution in [0.5, 0.6) is 0 Å². The third-order valence-corrected chi connectivity index (χ3v) is 5.26. The SMILES string of the molecule is CCC(CC)(CBr)CNC(=O)c1cccc(C)c1[N+](=O)[O-]. The summed E-state index contributed by atoms with van der Waals surface area (Å²) in [5.41, 5.74) is 0.474. The number of aryl methyl sites for hydroxylation is 1. The van der Waals surface area contributed by atoms with E-state index in [0.717, 1.165) is 18.2 Å². The van der Waals surface area contributed by atoms with Crippen molar-refractivity contribution < 1.29 is 9.72 Å². The molecule has 1 aromatic rings. The number of alkyl halides is 1. The maximum Gasteiger partial charge on any atom is 0.285 e. The first-order valence-corrected chi connectivity index (χ1v) is 8.11. The highest BCUT2D eigenvalue weighted by atomic mass is 79.9. The number of amides is 1. The van der Waals surface area contributed by atoms with Crippen LogP contribution >= 0.6 is 15.9 Å². The Morgan fingerprint density at radius 3 is 2.48 bits per heavy atom. The fourth-order valence-electron chi connectivity index (χ4n) is 2.18. The van der Waals surface area contributed by atoms with Crippen molar-refractivity contribution in [2.45, 2.75) is 33.6 Å². The average molecular weight is 357 g/mol. The first kappa shape index (κ1) is 17.6. The van der Waals surface area contributed by atoms with Crippen molar-refractivity contribution in [2.24, 2.45) is 5.41 Å². The van der Waals surface area contributed by atoms with Crippen LogP contribution in [-0.2, 0) is 0 Å². The molecule has 1 N–H and O–H groups in total. The first-order chi connectivity index (χ1) is 9.90. The number of carbonyl (C=O) groups is 1. The number of hydrogen-bond acceptors (Lipinski definition) is 3. The summed E-state index contributed by atoms with van der Waals surface area (Å²) in [6, 6.07) is 4.79. The molecular weight excluding hydrogens is 336 g/mol. The van der Waals surface area contributed by atoms with Gasteiger partial charge in [0.15, 0.2) is 0 Å². The van der Waals surface area contributed by atoms with Gasteiger partial charge in [-0.15, -0.1) is 0 Å². The van der Waals surface area contributed by atoms with E-state index in [1.807, 2.05) is 0 Å². The molecule has 0 fully saturated rings. The highest BCUT2D eigenvalue weighted by Gasteiger charge is 2.27. The van der Waals surface area contributed by atoms with Crippen LogP contribution in [0.2, 0.25) is 0 Å². The number of nitro groups is 1. The predicted molar refractivity (Wildman–Crippen MR) is 87.0 cm³/mol. The van der Waals surface area contributed by atoms with Gasteiger partial charge in [0.1, 0.15) is 5.56 Å². The lowest BCUT2D eigenvalue weighted by Gasteiger charge is -2.29. The Bertz CT molecular complexity index is 519. The summed E-state index contributed by atoms with van der Waals surface area (Å²) in [5, 5.41) is 14.8. The maximum absolute atomic E-state index is 12.3. The smallest absolute Gasteiger partial charge is 0.285 e. The van der Waals surface area contributed by atoms with Gasteiger partial charge in [-0.05, 0) is 31.2 Å². The fraction of sp³-hybridized carbons (Fsp3) is 0.533. The second-order valence-electron chi connectivity index (χ2n) is 5.25. The molecule has 0 heterocycles. The van der Waals surface area contributed by atoms with Crippen LogP contribution in [0.25, 0.3) is 0 Å². The van der Waals surface area contributed by atoms with E-state index >= 15 is 0 Å². The second kappa shape index (κ2) is 7.54. The van der Waals surface area contributed by atoms with Gasteiger partial charge in [-0.1, -0.05) is 41.9 Å². The van der Waals surface area contributed by atoms with Gasteiger partial charge in [0.05, 0.1) is 4.92 Å². The van der Waals surface area contributed by atoms with Gasteiger partial charge in [0, 0.05) is 17.4 Å². The lowest BCUT2D eigenvalue weighted by Crippen LogP contribution is -2.38. The molecule has 0 saturated heterocycles. The van der Waals surface area contributed by atoms with Gasteiger partial charge in [-0.3, -0.25) is 14.9 Å². The van der Waals surface area contributed by atoms with Crippen LogP contribution in [0, 0.1) is 22.5 Å². The summed E-state index contributed by atoms with van der Waals surface area (Å²) in [5.74, 6) is -0.391. The minimum atomic E-state index is -0.498. The molecule has 1 amide bonds. The van der Waals surface area contributed by atoms with Crippen molar-refractivity contribution in [2.75, 3.05) is 11.9 Å². The molecule has 1 rings (SSSR count). The molecule has 0 radical (unpaired) electrons. The Labute approximate surface area is 133 Å². The van der Waals surface area contributed by atoms with Gasteiger partial charge in [-0.2, -0.15) is 0 Å². The van der Waals surface area contributed by atoms with Gasteiger partial charge in [0.2, 0.25) is 0 Å². The Balaban J connectivity index is 2.96. The molecule has 0 aromatic heterocycles. The number of para-hydroxylation sites is 1. The van der Waals surface area contributed by atoms with E-state index < -0.39 is 10.8 Å². The largest absolute Gasteiger partial charge is 0.351 e. The van der Waals surface area contributed by atoms with Crippen molar-refractivity contribution >= 4 is 27.5 Å². The second-order valence-corrected chi connectivity index (χ2v) is 5.81. The number of nitrogens with one attached hydrogen (secondary N) is 1. The van der Waals surface area contributed by atoms with Crippen molar-refractivity contribution in [3.05, 3.63) is 39.4 Å². The summed E-state index contributed by atoms with van der Waals surface area (Å²) >= 11 is 3.49. The molecule has 0 aliphatic rings. The number of carbonyl (C=O) groups excluding carboxylic acids is 1. The molecule has 0 bridgehead atoms. The molecule has 116 valence electrons. The van der Waals surface area contributed by atoms with Crippen molar-refractivity contribution in [1.82, 2.24) is 5.32 Å². The molecule has 0 saturated carbocycles. The van der Waals surface area contributed by atoms with Crippen LogP contribution in [0.4, 0.5) is 5.69 Å². The highest BCUT2D eigenvalue weighted by molar-refractivity contribution is 9.09. The molecule has 0 unspecified atom stereocenters. The zero-order valence-corrected chi connectivity index (χ0v) is 14.2. The number of benzene rings is 1. The molecular formula is C15H21BrN2O3. The monoisotopic (exact) mass is 356 g/mol. The lowest BCUT2D eigenvalue weighted by molar-refractivity contribution is -0.385. The predicted octanol–water partition coefficient (Wildman–Crippen LogP) is 3.83. The fourth-order valence-corrected chi connectivity index (χ4v) is 3.18. The third kappa shape index (κ3) is 4.03. The first-order valence-electron chi connectivity index (χ1n) is 6.99. The number of rotatable bonds is 7. The molecule has 0 spiro atoms. The topological polar surface area (TPSA) is 72.2 Å². The third-order valence-electron chi connectivity index (χ3n) is 4.07. The standard InChI is InChI=1S/C15H21BrN2O3/c1-4-15(5-2,9-16)10-17-14(19)12-8-6-7-11(3)13(12)18(20)21/h6-8H,4-5,9-10H2,1-3H3,(H,17,19). The zero-order valence-electron chi connectivity index (χ0n) is 12.6. The molecule has 0 atom stereocenters. The van der Waals surface area contributed by atoms with Gasteiger partial charge in [0.25, 0.3) is 11.6 Å². The Morgan fingerprint density at radius 1 is 1.38 bits per heavy atom. The number of nitrogens with zero attached hydrogens (tertiary/aromatic N) is 1. The van der Waals surface area contributed by atoms with E-state index in [4.69, 9.17) is 0 Å². The molecule has 6 heteroatoms. The molecule has 0 aliphatic heterocycles. The highest BCUT2D eigenvalue weighted by Crippen LogP contribution is 2.28. The van der Waals surface area contributed by atoms with Crippen LogP contribution in [0.15, 0.2) is 18.2 Å². The molecule has 1 aromatic carbocycles. The van der Waals surface area contributed by atoms with E-state index in [0.29, 0.717) is 12.1 Å². The van der Waals surface area contributed by atoms with E-state index in [9.17, 15) is 14.9 Å². The minimum absolute atomic E-state index is 0.0196. The van der Waals surface area contributed by atoms with E-state index in [-0.39, 0.29) is 16.7 Å². The molecule has 5 nitrogen and oxygen atoms in total. The summed E-state index contributed by atoms with van der Waals surface area (Å²) in [6.45, 7) is 6.28. The van der Waals surface area contributed by atoms with Crippen LogP contribution < -0.4 is 5.32 Å². The van der Waals surface area contributed by atoms with E-state index in [1.165, 1.54) is 6.07 Å². The van der Waals surface area contributed by atoms with Crippen LogP contribution in [0.1, 0.15) is 42.6 Å². The summed E-state index contributed by atoms with van der Waals surface area (Å²) in [7, 11) is 0. The Hall–Kier alpha value is -1.43. The minimum Gasteiger partial charge on any atom is -0.351 e. The maximum atomic E-state index is 12.3. The molecule has 21 heavy (non-hydrogen) atoms. The van der Waals surface area contributed by atoms with Crippen molar-refractivity contribution in [3.63, 3.8) is 0 Å². The average Bonchev–Trinajstić information content (AvgIpc) is 2.48. The summed E-state index contributed by atoms with van der Waals surface area (Å²) in [6.07, 6.45) is 1.84. The number of halogens is 1.